The molecule has 5 heteroatoms. The van der Waals surface area contributed by atoms with Crippen molar-refractivity contribution in [3.8, 4) is 22.1 Å². The first-order valence-electron chi connectivity index (χ1n) is 5.19. The maximum Gasteiger partial charge on any atom is 0.238 e. The molecular weight excluding hydrogens is 289 g/mol. The zero-order chi connectivity index (χ0) is 12.5. The van der Waals surface area contributed by atoms with Crippen LogP contribution < -0.4 is 0 Å². The van der Waals surface area contributed by atoms with E-state index in [2.05, 4.69) is 4.98 Å². The molecule has 0 saturated carbocycles. The zero-order valence-corrected chi connectivity index (χ0v) is 11.4. The van der Waals surface area contributed by atoms with Gasteiger partial charge in [0, 0.05) is 10.6 Å². The van der Waals surface area contributed by atoms with Crippen molar-refractivity contribution in [2.75, 3.05) is 0 Å². The molecule has 0 N–H and O–H groups in total. The molecule has 0 radical (unpaired) electrons. The quantitative estimate of drug-likeness (QED) is 0.634. The first kappa shape index (κ1) is 11.8. The molecule has 2 aromatic heterocycles. The molecule has 0 amide bonds. The number of rotatable bonds is 2. The minimum atomic E-state index is 0.542. The van der Waals surface area contributed by atoms with E-state index >= 15 is 0 Å². The smallest absolute Gasteiger partial charge is 0.238 e. The second-order valence-electron chi connectivity index (χ2n) is 3.63. The Morgan fingerprint density at radius 2 is 1.83 bits per heavy atom. The monoisotopic (exact) mass is 295 g/mol. The van der Waals surface area contributed by atoms with Gasteiger partial charge in [0.2, 0.25) is 5.89 Å². The van der Waals surface area contributed by atoms with Crippen LogP contribution in [0.1, 0.15) is 0 Å². The summed E-state index contributed by atoms with van der Waals surface area (Å²) in [4.78, 5) is 5.09. The van der Waals surface area contributed by atoms with Crippen LogP contribution in [-0.2, 0) is 0 Å². The minimum Gasteiger partial charge on any atom is -0.435 e. The highest BCUT2D eigenvalue weighted by atomic mass is 35.5. The number of benzene rings is 1. The fraction of sp³-hybridized carbons (Fsp3) is 0. The Bertz CT molecular complexity index is 672. The fourth-order valence-corrected chi connectivity index (χ4v) is 2.77. The third kappa shape index (κ3) is 2.17. The van der Waals surface area contributed by atoms with Gasteiger partial charge in [0.15, 0.2) is 5.76 Å². The molecule has 2 nitrogen and oxygen atoms in total. The highest BCUT2D eigenvalue weighted by Gasteiger charge is 2.12. The summed E-state index contributed by atoms with van der Waals surface area (Å²) < 4.78 is 5.71. The van der Waals surface area contributed by atoms with Crippen LogP contribution in [-0.4, -0.2) is 4.98 Å². The standard InChI is InChI=1S/C13H7Cl2NOS/c14-9-3-1-8(2-4-9)11-7-16-13(17-11)12-10(15)5-6-18-12/h1-7H. The third-order valence-electron chi connectivity index (χ3n) is 2.45. The summed E-state index contributed by atoms with van der Waals surface area (Å²) in [6, 6.07) is 9.24. The van der Waals surface area contributed by atoms with Crippen LogP contribution in [0.5, 0.6) is 0 Å². The molecule has 0 fully saturated rings. The van der Waals surface area contributed by atoms with Crippen molar-refractivity contribution < 1.29 is 4.42 Å². The van der Waals surface area contributed by atoms with Gasteiger partial charge >= 0.3 is 0 Å². The van der Waals surface area contributed by atoms with E-state index in [1.165, 1.54) is 11.3 Å². The van der Waals surface area contributed by atoms with Gasteiger partial charge in [-0.1, -0.05) is 23.2 Å². The van der Waals surface area contributed by atoms with Crippen LogP contribution in [0.3, 0.4) is 0 Å². The summed E-state index contributed by atoms with van der Waals surface area (Å²) in [5.41, 5.74) is 0.936. The zero-order valence-electron chi connectivity index (χ0n) is 9.06. The maximum absolute atomic E-state index is 6.04. The Hall–Kier alpha value is -1.29. The predicted molar refractivity (Wildman–Crippen MR) is 75.3 cm³/mol. The summed E-state index contributed by atoms with van der Waals surface area (Å²) in [6.07, 6.45) is 1.69. The van der Waals surface area contributed by atoms with E-state index in [-0.39, 0.29) is 0 Å². The van der Waals surface area contributed by atoms with Crippen LogP contribution >= 0.6 is 34.5 Å². The predicted octanol–water partition coefficient (Wildman–Crippen LogP) is 5.38. The Kier molecular flexibility index (Phi) is 3.12. The van der Waals surface area contributed by atoms with Gasteiger partial charge in [-0.2, -0.15) is 0 Å². The first-order valence-corrected chi connectivity index (χ1v) is 6.83. The van der Waals surface area contributed by atoms with Crippen LogP contribution in [0, 0.1) is 0 Å². The molecule has 0 unspecified atom stereocenters. The molecule has 3 aromatic rings. The van der Waals surface area contributed by atoms with Gasteiger partial charge in [-0.15, -0.1) is 11.3 Å². The van der Waals surface area contributed by atoms with Gasteiger partial charge in [-0.3, -0.25) is 0 Å². The minimum absolute atomic E-state index is 0.542. The molecule has 0 aliphatic carbocycles. The van der Waals surface area contributed by atoms with Crippen molar-refractivity contribution in [3.63, 3.8) is 0 Å². The van der Waals surface area contributed by atoms with E-state index in [4.69, 9.17) is 27.6 Å². The van der Waals surface area contributed by atoms with E-state index in [1.54, 1.807) is 6.20 Å². The fourth-order valence-electron chi connectivity index (χ4n) is 1.57. The number of hydrogen-bond acceptors (Lipinski definition) is 3. The Morgan fingerprint density at radius 3 is 2.50 bits per heavy atom. The number of oxazole rings is 1. The highest BCUT2D eigenvalue weighted by molar-refractivity contribution is 7.14. The van der Waals surface area contributed by atoms with Crippen LogP contribution in [0.25, 0.3) is 22.1 Å². The molecule has 0 aliphatic rings. The number of halogens is 2. The maximum atomic E-state index is 6.04. The van der Waals surface area contributed by atoms with E-state index in [9.17, 15) is 0 Å². The van der Waals surface area contributed by atoms with E-state index < -0.39 is 0 Å². The lowest BCUT2D eigenvalue weighted by Gasteiger charge is -1.96. The molecule has 0 atom stereocenters. The van der Waals surface area contributed by atoms with Gasteiger partial charge < -0.3 is 4.42 Å². The normalized spacial score (nSPS) is 10.8. The van der Waals surface area contributed by atoms with Gasteiger partial charge in [0.25, 0.3) is 0 Å². The molecule has 0 spiro atoms. The molecule has 0 aliphatic heterocycles. The number of nitrogens with zero attached hydrogens (tertiary/aromatic N) is 1. The summed E-state index contributed by atoms with van der Waals surface area (Å²) in [6.45, 7) is 0. The van der Waals surface area contributed by atoms with Gasteiger partial charge in [-0.25, -0.2) is 4.98 Å². The van der Waals surface area contributed by atoms with E-state index in [1.807, 2.05) is 35.7 Å². The molecule has 0 saturated heterocycles. The van der Waals surface area contributed by atoms with Crippen LogP contribution in [0.4, 0.5) is 0 Å². The second kappa shape index (κ2) is 4.76. The van der Waals surface area contributed by atoms with Gasteiger partial charge in [-0.05, 0) is 35.7 Å². The average molecular weight is 296 g/mol. The summed E-state index contributed by atoms with van der Waals surface area (Å²) in [5, 5.41) is 3.26. The molecule has 3 rings (SSSR count). The van der Waals surface area contributed by atoms with Crippen LogP contribution in [0.15, 0.2) is 46.3 Å². The second-order valence-corrected chi connectivity index (χ2v) is 5.39. The SMILES string of the molecule is Clc1ccc(-c2cnc(-c3sccc3Cl)o2)cc1. The summed E-state index contributed by atoms with van der Waals surface area (Å²) in [5.74, 6) is 1.24. The molecule has 90 valence electrons. The van der Waals surface area contributed by atoms with Gasteiger partial charge in [0.1, 0.15) is 4.88 Å². The Labute approximate surface area is 118 Å². The van der Waals surface area contributed by atoms with Crippen molar-refractivity contribution in [2.45, 2.75) is 0 Å². The third-order valence-corrected chi connectivity index (χ3v) is 4.03. The highest BCUT2D eigenvalue weighted by Crippen LogP contribution is 2.34. The van der Waals surface area contributed by atoms with Crippen molar-refractivity contribution in [2.24, 2.45) is 0 Å². The topological polar surface area (TPSA) is 26.0 Å². The number of aromatic nitrogens is 1. The molecular formula is C13H7Cl2NOS. The molecule has 18 heavy (non-hydrogen) atoms. The van der Waals surface area contributed by atoms with E-state index in [0.717, 1.165) is 10.4 Å². The van der Waals surface area contributed by atoms with Crippen LogP contribution in [0.2, 0.25) is 10.0 Å². The lowest BCUT2D eigenvalue weighted by Crippen LogP contribution is -1.72. The lowest BCUT2D eigenvalue weighted by atomic mass is 10.2. The van der Waals surface area contributed by atoms with Crippen molar-refractivity contribution in [1.29, 1.82) is 0 Å². The summed E-state index contributed by atoms with van der Waals surface area (Å²) in [7, 11) is 0. The van der Waals surface area contributed by atoms with Gasteiger partial charge in [0.05, 0.1) is 11.2 Å². The van der Waals surface area contributed by atoms with Crippen molar-refractivity contribution >= 4 is 34.5 Å². The molecule has 2 heterocycles. The number of hydrogen-bond donors (Lipinski definition) is 0. The van der Waals surface area contributed by atoms with E-state index in [0.29, 0.717) is 21.7 Å². The van der Waals surface area contributed by atoms with Crippen molar-refractivity contribution in [1.82, 2.24) is 4.98 Å². The largest absolute Gasteiger partial charge is 0.435 e. The number of thiophene rings is 1. The lowest BCUT2D eigenvalue weighted by molar-refractivity contribution is 0.590. The van der Waals surface area contributed by atoms with Crippen molar-refractivity contribution in [3.05, 3.63) is 52.0 Å². The molecule has 1 aromatic carbocycles. The average Bonchev–Trinajstić information content (AvgIpc) is 2.98. The Balaban J connectivity index is 1.99. The summed E-state index contributed by atoms with van der Waals surface area (Å²) >= 11 is 13.4. The Morgan fingerprint density at radius 1 is 1.06 bits per heavy atom. The first-order chi connectivity index (χ1) is 8.74. The molecule has 0 bridgehead atoms.